The third kappa shape index (κ3) is 3.54. The number of aliphatic carboxylic acids is 1. The van der Waals surface area contributed by atoms with Crippen LogP contribution in [0.3, 0.4) is 0 Å². The van der Waals surface area contributed by atoms with Crippen molar-refractivity contribution in [2.75, 3.05) is 6.67 Å². The zero-order valence-electron chi connectivity index (χ0n) is 8.64. The summed E-state index contributed by atoms with van der Waals surface area (Å²) in [6.07, 6.45) is 0.956. The predicted molar refractivity (Wildman–Crippen MR) is 52.4 cm³/mol. The van der Waals surface area contributed by atoms with Gasteiger partial charge < -0.3 is 10.8 Å². The molecular formula is C8H14FN5O2. The van der Waals surface area contributed by atoms with E-state index in [9.17, 15) is 9.18 Å². The van der Waals surface area contributed by atoms with E-state index in [2.05, 4.69) is 20.6 Å². The molecule has 0 aromatic carbocycles. The summed E-state index contributed by atoms with van der Waals surface area (Å²) in [5.41, 5.74) is 5.42. The van der Waals surface area contributed by atoms with E-state index < -0.39 is 18.7 Å². The molecule has 0 radical (unpaired) electrons. The summed E-state index contributed by atoms with van der Waals surface area (Å²) in [6.45, 7) is -0.462. The van der Waals surface area contributed by atoms with Crippen LogP contribution in [0.15, 0.2) is 0 Å². The largest absolute Gasteiger partial charge is 0.480 e. The predicted octanol–water partition coefficient (Wildman–Crippen LogP) is -0.165. The number of aromatic amines is 1. The van der Waals surface area contributed by atoms with Crippen LogP contribution >= 0.6 is 0 Å². The van der Waals surface area contributed by atoms with Crippen LogP contribution in [0, 0.1) is 0 Å². The molecule has 1 aromatic heterocycles. The first-order chi connectivity index (χ1) is 7.65. The van der Waals surface area contributed by atoms with Crippen molar-refractivity contribution >= 4 is 5.97 Å². The summed E-state index contributed by atoms with van der Waals surface area (Å²) in [5, 5.41) is 21.9. The Bertz CT molecular complexity index is 318. The standard InChI is InChI=1S/C8H14FN5O2/c9-3-1-2-5(4-6(10)8(15)16)7-11-13-14-12-7/h5-6H,1-4,10H2,(H,15,16)(H,11,12,13,14)/t5?,6-/m0/s1/i9-1. The second-order valence-corrected chi connectivity index (χ2v) is 3.48. The Morgan fingerprint density at radius 1 is 1.62 bits per heavy atom. The number of H-pyrrole nitrogens is 1. The second-order valence-electron chi connectivity index (χ2n) is 3.48. The van der Waals surface area contributed by atoms with Crippen LogP contribution in [0.1, 0.15) is 31.0 Å². The lowest BCUT2D eigenvalue weighted by molar-refractivity contribution is -0.138. The molecule has 1 unspecified atom stereocenters. The highest BCUT2D eigenvalue weighted by atomic mass is 18.2. The van der Waals surface area contributed by atoms with Gasteiger partial charge >= 0.3 is 5.97 Å². The van der Waals surface area contributed by atoms with Crippen molar-refractivity contribution in [2.24, 2.45) is 5.73 Å². The van der Waals surface area contributed by atoms with Gasteiger partial charge in [-0.05, 0) is 19.3 Å². The fourth-order valence-electron chi connectivity index (χ4n) is 1.43. The van der Waals surface area contributed by atoms with E-state index in [-0.39, 0.29) is 12.3 Å². The summed E-state index contributed by atoms with van der Waals surface area (Å²) < 4.78 is 12.1. The number of carboxylic acids is 1. The molecule has 8 heteroatoms. The summed E-state index contributed by atoms with van der Waals surface area (Å²) in [6, 6.07) is -0.997. The molecule has 4 N–H and O–H groups in total. The van der Waals surface area contributed by atoms with Crippen molar-refractivity contribution in [3.63, 3.8) is 0 Å². The van der Waals surface area contributed by atoms with Gasteiger partial charge in [0.15, 0.2) is 5.82 Å². The third-order valence-corrected chi connectivity index (χ3v) is 2.27. The van der Waals surface area contributed by atoms with Gasteiger partial charge in [-0.2, -0.15) is 5.21 Å². The number of nitrogens with one attached hydrogen (secondary N) is 1. The van der Waals surface area contributed by atoms with Crippen LogP contribution in [-0.4, -0.2) is 44.4 Å². The zero-order chi connectivity index (χ0) is 12.0. The van der Waals surface area contributed by atoms with Gasteiger partial charge in [0.1, 0.15) is 6.04 Å². The maximum absolute atomic E-state index is 12.1. The minimum Gasteiger partial charge on any atom is -0.480 e. The van der Waals surface area contributed by atoms with Gasteiger partial charge in [0.2, 0.25) is 0 Å². The third-order valence-electron chi connectivity index (χ3n) is 2.27. The number of halogens is 1. The van der Waals surface area contributed by atoms with Crippen molar-refractivity contribution in [3.05, 3.63) is 5.82 Å². The average Bonchev–Trinajstić information content (AvgIpc) is 2.76. The van der Waals surface area contributed by atoms with Crippen molar-refractivity contribution in [1.82, 2.24) is 20.6 Å². The fourth-order valence-corrected chi connectivity index (χ4v) is 1.43. The van der Waals surface area contributed by atoms with Gasteiger partial charge in [-0.15, -0.1) is 10.2 Å². The van der Waals surface area contributed by atoms with Crippen LogP contribution in [0.2, 0.25) is 0 Å². The molecule has 1 heterocycles. The lowest BCUT2D eigenvalue weighted by Gasteiger charge is -2.14. The Labute approximate surface area is 91.2 Å². The minimum atomic E-state index is -1.09. The van der Waals surface area contributed by atoms with Crippen LogP contribution < -0.4 is 5.73 Å². The lowest BCUT2D eigenvalue weighted by atomic mass is 9.95. The van der Waals surface area contributed by atoms with E-state index in [1.54, 1.807) is 0 Å². The second kappa shape index (κ2) is 6.11. The Morgan fingerprint density at radius 3 is 2.88 bits per heavy atom. The molecule has 1 aromatic rings. The van der Waals surface area contributed by atoms with E-state index in [1.165, 1.54) is 0 Å². The van der Waals surface area contributed by atoms with Gasteiger partial charge in [-0.25, -0.2) is 0 Å². The first-order valence-electron chi connectivity index (χ1n) is 4.92. The molecule has 0 aliphatic carbocycles. The molecule has 0 aliphatic rings. The van der Waals surface area contributed by atoms with Crippen LogP contribution in [-0.2, 0) is 4.79 Å². The van der Waals surface area contributed by atoms with Crippen LogP contribution in [0.25, 0.3) is 0 Å². The van der Waals surface area contributed by atoms with E-state index >= 15 is 0 Å². The van der Waals surface area contributed by atoms with Gasteiger partial charge in [0.05, 0.1) is 6.67 Å². The maximum atomic E-state index is 12.1. The van der Waals surface area contributed by atoms with Gasteiger partial charge in [-0.3, -0.25) is 9.18 Å². The lowest BCUT2D eigenvalue weighted by Crippen LogP contribution is -2.32. The molecule has 16 heavy (non-hydrogen) atoms. The van der Waals surface area contributed by atoms with Crippen LogP contribution in [0.4, 0.5) is 4.39 Å². The molecule has 0 aliphatic heterocycles. The first kappa shape index (κ1) is 12.5. The quantitative estimate of drug-likeness (QED) is 0.598. The number of carbonyl (C=O) groups is 1. The number of tetrazole rings is 1. The van der Waals surface area contributed by atoms with E-state index in [0.717, 1.165) is 0 Å². The summed E-state index contributed by atoms with van der Waals surface area (Å²) in [5.74, 6) is -0.987. The van der Waals surface area contributed by atoms with Gasteiger partial charge in [0, 0.05) is 5.92 Å². The molecule has 0 bridgehead atoms. The molecule has 1 rings (SSSR count). The molecule has 0 amide bonds. The monoisotopic (exact) mass is 230 g/mol. The minimum absolute atomic E-state index is 0.175. The number of aromatic nitrogens is 4. The van der Waals surface area contributed by atoms with Gasteiger partial charge in [-0.1, -0.05) is 5.21 Å². The molecule has 90 valence electrons. The molecule has 0 spiro atoms. The smallest absolute Gasteiger partial charge is 0.320 e. The van der Waals surface area contributed by atoms with Crippen molar-refractivity contribution < 1.29 is 14.3 Å². The highest BCUT2D eigenvalue weighted by molar-refractivity contribution is 5.73. The maximum Gasteiger partial charge on any atom is 0.320 e. The summed E-state index contributed by atoms with van der Waals surface area (Å²) in [4.78, 5) is 10.6. The van der Waals surface area contributed by atoms with E-state index in [4.69, 9.17) is 10.8 Å². The summed E-state index contributed by atoms with van der Waals surface area (Å²) in [7, 11) is 0. The Morgan fingerprint density at radius 2 is 2.38 bits per heavy atom. The molecule has 0 fully saturated rings. The molecule has 0 saturated carbocycles. The number of nitrogens with zero attached hydrogens (tertiary/aromatic N) is 3. The van der Waals surface area contributed by atoms with Crippen molar-refractivity contribution in [2.45, 2.75) is 31.2 Å². The highest BCUT2D eigenvalue weighted by Gasteiger charge is 2.22. The molecule has 0 saturated heterocycles. The number of rotatable bonds is 7. The highest BCUT2D eigenvalue weighted by Crippen LogP contribution is 2.22. The Hall–Kier alpha value is -1.57. The SMILES string of the molecule is N[C@@H](CC(CCC[18F])c1nn[nH]n1)C(=O)O. The van der Waals surface area contributed by atoms with E-state index in [0.29, 0.717) is 18.7 Å². The number of hydrogen-bond donors (Lipinski definition) is 3. The number of nitrogens with two attached hydrogens (primary N) is 1. The fraction of sp³-hybridized carbons (Fsp3) is 0.750. The Balaban J connectivity index is 2.61. The number of alkyl halides is 1. The number of hydrogen-bond acceptors (Lipinski definition) is 5. The zero-order valence-corrected chi connectivity index (χ0v) is 8.64. The van der Waals surface area contributed by atoms with Gasteiger partial charge in [0.25, 0.3) is 0 Å². The first-order valence-corrected chi connectivity index (χ1v) is 4.92. The van der Waals surface area contributed by atoms with Crippen LogP contribution in [0.5, 0.6) is 0 Å². The van der Waals surface area contributed by atoms with E-state index in [1.807, 2.05) is 0 Å². The number of carboxylic acid groups (broad SMARTS) is 1. The molecule has 2 atom stereocenters. The summed E-state index contributed by atoms with van der Waals surface area (Å²) >= 11 is 0. The average molecular weight is 230 g/mol. The molecular weight excluding hydrogens is 216 g/mol. The normalized spacial score (nSPS) is 14.6. The van der Waals surface area contributed by atoms with Crippen molar-refractivity contribution in [3.8, 4) is 0 Å². The topological polar surface area (TPSA) is 118 Å². The van der Waals surface area contributed by atoms with Crippen molar-refractivity contribution in [1.29, 1.82) is 0 Å². The Kier molecular flexibility index (Phi) is 4.77. The molecule has 7 nitrogen and oxygen atoms in total.